The Labute approximate surface area is 117 Å². The fraction of sp³-hybridized carbons (Fsp3) is 0.417. The van der Waals surface area contributed by atoms with Crippen LogP contribution in [0.2, 0.25) is 0 Å². The monoisotopic (exact) mass is 302 g/mol. The van der Waals surface area contributed by atoms with E-state index in [1.165, 1.54) is 19.2 Å². The zero-order chi connectivity index (χ0) is 15.3. The lowest BCUT2D eigenvalue weighted by Crippen LogP contribution is -2.31. The highest BCUT2D eigenvalue weighted by Gasteiger charge is 2.22. The molecule has 7 nitrogen and oxygen atoms in total. The number of sulfonamides is 1. The molecule has 0 aliphatic heterocycles. The van der Waals surface area contributed by atoms with Gasteiger partial charge >= 0.3 is 5.97 Å². The van der Waals surface area contributed by atoms with Crippen LogP contribution in [0.4, 0.5) is 5.69 Å². The minimum absolute atomic E-state index is 0.0379. The molecule has 0 amide bonds. The second kappa shape index (κ2) is 6.69. The predicted octanol–water partition coefficient (Wildman–Crippen LogP) is 0.528. The van der Waals surface area contributed by atoms with Gasteiger partial charge in [0.25, 0.3) is 0 Å². The summed E-state index contributed by atoms with van der Waals surface area (Å²) in [5, 5.41) is 9.03. The maximum atomic E-state index is 12.1. The summed E-state index contributed by atoms with van der Waals surface area (Å²) in [4.78, 5) is 10.7. The van der Waals surface area contributed by atoms with Crippen molar-refractivity contribution in [2.45, 2.75) is 11.8 Å². The van der Waals surface area contributed by atoms with E-state index in [-0.39, 0.29) is 28.6 Å². The minimum atomic E-state index is -3.94. The number of aromatic carboxylic acids is 1. The van der Waals surface area contributed by atoms with Crippen LogP contribution in [-0.4, -0.2) is 39.8 Å². The number of methoxy groups -OCH3 is 1. The van der Waals surface area contributed by atoms with Crippen LogP contribution in [0.15, 0.2) is 23.1 Å². The summed E-state index contributed by atoms with van der Waals surface area (Å²) in [6, 6.07) is 3.65. The van der Waals surface area contributed by atoms with Crippen molar-refractivity contribution in [3.63, 3.8) is 0 Å². The molecule has 1 aromatic carbocycles. The van der Waals surface area contributed by atoms with Gasteiger partial charge in [0.05, 0.1) is 10.5 Å². The van der Waals surface area contributed by atoms with Gasteiger partial charge in [0.1, 0.15) is 0 Å². The summed E-state index contributed by atoms with van der Waals surface area (Å²) in [7, 11) is -2.42. The van der Waals surface area contributed by atoms with Crippen LogP contribution in [0.25, 0.3) is 0 Å². The number of nitrogens with one attached hydrogen (secondary N) is 1. The van der Waals surface area contributed by atoms with Crippen molar-refractivity contribution in [3.05, 3.63) is 23.8 Å². The van der Waals surface area contributed by atoms with E-state index in [4.69, 9.17) is 15.6 Å². The number of hydrogen-bond donors (Lipinski definition) is 3. The van der Waals surface area contributed by atoms with E-state index in [2.05, 4.69) is 4.72 Å². The van der Waals surface area contributed by atoms with Crippen LogP contribution in [0, 0.1) is 5.92 Å². The molecule has 0 spiro atoms. The molecule has 0 aliphatic rings. The molecule has 1 aromatic rings. The highest BCUT2D eigenvalue weighted by molar-refractivity contribution is 7.89. The van der Waals surface area contributed by atoms with Crippen LogP contribution in [0.1, 0.15) is 17.3 Å². The molecule has 1 unspecified atom stereocenters. The Kier molecular flexibility index (Phi) is 5.49. The molecule has 0 heterocycles. The van der Waals surface area contributed by atoms with Gasteiger partial charge in [-0.25, -0.2) is 17.9 Å². The van der Waals surface area contributed by atoms with Crippen molar-refractivity contribution in [2.24, 2.45) is 5.92 Å². The number of anilines is 1. The van der Waals surface area contributed by atoms with Crippen LogP contribution < -0.4 is 10.5 Å². The van der Waals surface area contributed by atoms with E-state index in [0.717, 1.165) is 6.07 Å². The van der Waals surface area contributed by atoms with Gasteiger partial charge in [0.2, 0.25) is 10.0 Å². The lowest BCUT2D eigenvalue weighted by Gasteiger charge is -2.13. The Morgan fingerprint density at radius 2 is 2.15 bits per heavy atom. The summed E-state index contributed by atoms with van der Waals surface area (Å²) in [6.07, 6.45) is 0. The third-order valence-electron chi connectivity index (χ3n) is 2.60. The third-order valence-corrected chi connectivity index (χ3v) is 4.06. The lowest BCUT2D eigenvalue weighted by atomic mass is 10.2. The zero-order valence-corrected chi connectivity index (χ0v) is 12.1. The highest BCUT2D eigenvalue weighted by atomic mass is 32.2. The Morgan fingerprint density at radius 3 is 2.70 bits per heavy atom. The molecule has 1 atom stereocenters. The normalized spacial score (nSPS) is 13.1. The maximum Gasteiger partial charge on any atom is 0.337 e. The fourth-order valence-electron chi connectivity index (χ4n) is 1.61. The van der Waals surface area contributed by atoms with E-state index in [1.54, 1.807) is 0 Å². The van der Waals surface area contributed by atoms with Crippen LogP contribution in [-0.2, 0) is 14.8 Å². The van der Waals surface area contributed by atoms with Crippen LogP contribution in [0.5, 0.6) is 0 Å². The minimum Gasteiger partial charge on any atom is -0.478 e. The van der Waals surface area contributed by atoms with Crippen molar-refractivity contribution in [1.82, 2.24) is 4.72 Å². The van der Waals surface area contributed by atoms with Gasteiger partial charge in [-0.3, -0.25) is 0 Å². The van der Waals surface area contributed by atoms with Crippen molar-refractivity contribution in [2.75, 3.05) is 26.0 Å². The van der Waals surface area contributed by atoms with Crippen molar-refractivity contribution in [1.29, 1.82) is 0 Å². The van der Waals surface area contributed by atoms with Gasteiger partial charge in [-0.1, -0.05) is 6.92 Å². The SMILES string of the molecule is COCC(C)CNS(=O)(=O)c1cc(N)ccc1C(=O)O. The zero-order valence-electron chi connectivity index (χ0n) is 11.3. The maximum absolute atomic E-state index is 12.1. The standard InChI is InChI=1S/C12H18N2O5S/c1-8(7-19-2)6-14-20(17,18)11-5-9(13)3-4-10(11)12(15)16/h3-5,8,14H,6-7,13H2,1-2H3,(H,15,16). The average Bonchev–Trinajstić information content (AvgIpc) is 2.36. The highest BCUT2D eigenvalue weighted by Crippen LogP contribution is 2.19. The number of carboxylic acids is 1. The van der Waals surface area contributed by atoms with Gasteiger partial charge in [-0.15, -0.1) is 0 Å². The Bertz CT molecular complexity index is 586. The average molecular weight is 302 g/mol. The van der Waals surface area contributed by atoms with Gasteiger partial charge < -0.3 is 15.6 Å². The molecule has 0 aliphatic carbocycles. The summed E-state index contributed by atoms with van der Waals surface area (Å²) < 4.78 is 31.6. The molecule has 1 rings (SSSR count). The van der Waals surface area contributed by atoms with E-state index >= 15 is 0 Å². The van der Waals surface area contributed by atoms with Gasteiger partial charge in [0.15, 0.2) is 0 Å². The summed E-state index contributed by atoms with van der Waals surface area (Å²) in [5.74, 6) is -1.36. The third kappa shape index (κ3) is 4.19. The molecular weight excluding hydrogens is 284 g/mol. The first-order valence-corrected chi connectivity index (χ1v) is 7.37. The molecule has 4 N–H and O–H groups in total. The van der Waals surface area contributed by atoms with E-state index < -0.39 is 16.0 Å². The fourth-order valence-corrected chi connectivity index (χ4v) is 3.01. The van der Waals surface area contributed by atoms with Crippen molar-refractivity contribution >= 4 is 21.7 Å². The van der Waals surface area contributed by atoms with Gasteiger partial charge in [-0.05, 0) is 24.1 Å². The molecule has 0 saturated heterocycles. The number of ether oxygens (including phenoxy) is 1. The number of hydrogen-bond acceptors (Lipinski definition) is 5. The molecular formula is C12H18N2O5S. The lowest BCUT2D eigenvalue weighted by molar-refractivity contribution is 0.0692. The topological polar surface area (TPSA) is 119 Å². The first kappa shape index (κ1) is 16.4. The summed E-state index contributed by atoms with van der Waals surface area (Å²) in [6.45, 7) is 2.35. The largest absolute Gasteiger partial charge is 0.478 e. The first-order chi connectivity index (χ1) is 9.27. The summed E-state index contributed by atoms with van der Waals surface area (Å²) >= 11 is 0. The Morgan fingerprint density at radius 1 is 1.50 bits per heavy atom. The Hall–Kier alpha value is -1.64. The molecule has 0 radical (unpaired) electrons. The second-order valence-electron chi connectivity index (χ2n) is 4.47. The van der Waals surface area contributed by atoms with Crippen molar-refractivity contribution in [3.8, 4) is 0 Å². The number of carboxylic acid groups (broad SMARTS) is 1. The van der Waals surface area contributed by atoms with Crippen molar-refractivity contribution < 1.29 is 23.1 Å². The molecule has 0 saturated carbocycles. The predicted molar refractivity (Wildman–Crippen MR) is 74.0 cm³/mol. The number of nitrogen functional groups attached to an aromatic ring is 1. The van der Waals surface area contributed by atoms with E-state index in [0.29, 0.717) is 6.61 Å². The first-order valence-electron chi connectivity index (χ1n) is 5.89. The van der Waals surface area contributed by atoms with Gasteiger partial charge in [0, 0.05) is 25.9 Å². The number of nitrogens with two attached hydrogens (primary N) is 1. The summed E-state index contributed by atoms with van der Waals surface area (Å²) in [5.41, 5.74) is 5.39. The van der Waals surface area contributed by atoms with E-state index in [9.17, 15) is 13.2 Å². The second-order valence-corrected chi connectivity index (χ2v) is 6.21. The van der Waals surface area contributed by atoms with E-state index in [1.807, 2.05) is 6.92 Å². The molecule has 20 heavy (non-hydrogen) atoms. The Balaban J connectivity index is 3.03. The molecule has 0 bridgehead atoms. The number of carbonyl (C=O) groups is 1. The molecule has 112 valence electrons. The quantitative estimate of drug-likeness (QED) is 0.632. The van der Waals surface area contributed by atoms with Crippen LogP contribution >= 0.6 is 0 Å². The molecule has 0 aromatic heterocycles. The smallest absolute Gasteiger partial charge is 0.337 e. The molecule has 8 heteroatoms. The number of benzene rings is 1. The molecule has 0 fully saturated rings. The van der Waals surface area contributed by atoms with Crippen LogP contribution in [0.3, 0.4) is 0 Å². The number of rotatable bonds is 7. The van der Waals surface area contributed by atoms with Gasteiger partial charge in [-0.2, -0.15) is 0 Å².